The van der Waals surface area contributed by atoms with Crippen molar-refractivity contribution in [2.45, 2.75) is 46.7 Å². The number of hydrogen-bond acceptors (Lipinski definition) is 3. The van der Waals surface area contributed by atoms with Gasteiger partial charge in [0, 0.05) is 44.7 Å². The molecule has 0 aromatic heterocycles. The zero-order chi connectivity index (χ0) is 17.0. The van der Waals surface area contributed by atoms with Gasteiger partial charge in [0.1, 0.15) is 0 Å². The van der Waals surface area contributed by atoms with E-state index >= 15 is 0 Å². The Labute approximate surface area is 138 Å². The van der Waals surface area contributed by atoms with Gasteiger partial charge in [-0.3, -0.25) is 9.59 Å². The van der Waals surface area contributed by atoms with Crippen LogP contribution < -0.4 is 10.6 Å². The molecule has 1 heterocycles. The van der Waals surface area contributed by atoms with Crippen LogP contribution in [0.15, 0.2) is 24.3 Å². The van der Waals surface area contributed by atoms with Crippen molar-refractivity contribution in [3.05, 3.63) is 29.8 Å². The van der Waals surface area contributed by atoms with Crippen LogP contribution in [0.25, 0.3) is 0 Å². The van der Waals surface area contributed by atoms with Crippen molar-refractivity contribution in [1.82, 2.24) is 10.2 Å². The number of likely N-dealkylation sites (tertiary alicyclic amines) is 1. The molecule has 1 aliphatic rings. The Kier molecular flexibility index (Phi) is 5.42. The Morgan fingerprint density at radius 3 is 2.48 bits per heavy atom. The van der Waals surface area contributed by atoms with E-state index in [0.717, 1.165) is 30.9 Å². The first kappa shape index (κ1) is 17.5. The first-order valence-corrected chi connectivity index (χ1v) is 8.11. The maximum absolute atomic E-state index is 12.1. The number of rotatable bonds is 5. The number of anilines is 1. The Morgan fingerprint density at radius 2 is 1.91 bits per heavy atom. The van der Waals surface area contributed by atoms with Crippen LogP contribution >= 0.6 is 0 Å². The number of carbonyl (C=O) groups is 2. The first-order valence-electron chi connectivity index (χ1n) is 8.11. The van der Waals surface area contributed by atoms with E-state index in [1.165, 1.54) is 6.92 Å². The minimum atomic E-state index is -0.0701. The molecule has 5 heteroatoms. The van der Waals surface area contributed by atoms with Crippen LogP contribution in [0.1, 0.15) is 39.7 Å². The predicted octanol–water partition coefficient (Wildman–Crippen LogP) is 2.38. The second-order valence-corrected chi connectivity index (χ2v) is 7.49. The Hall–Kier alpha value is -1.88. The molecule has 1 unspecified atom stereocenters. The molecule has 1 aliphatic heterocycles. The second kappa shape index (κ2) is 7.13. The standard InChI is InChI=1S/C18H27N3O2/c1-13(22)20-15-7-5-14(6-8-15)10-19-16-9-17(23)21(11-16)12-18(2,3)4/h5-8,16,19H,9-12H2,1-4H3,(H,20,22). The highest BCUT2D eigenvalue weighted by molar-refractivity contribution is 5.88. The first-order chi connectivity index (χ1) is 10.7. The summed E-state index contributed by atoms with van der Waals surface area (Å²) in [4.78, 5) is 25.0. The molecule has 0 saturated carbocycles. The number of nitrogens with one attached hydrogen (secondary N) is 2. The lowest BCUT2D eigenvalue weighted by atomic mass is 9.96. The summed E-state index contributed by atoms with van der Waals surface area (Å²) in [5.74, 6) is 0.165. The van der Waals surface area contributed by atoms with Crippen molar-refractivity contribution in [3.8, 4) is 0 Å². The van der Waals surface area contributed by atoms with E-state index < -0.39 is 0 Å². The molecule has 1 fully saturated rings. The highest BCUT2D eigenvalue weighted by atomic mass is 16.2. The van der Waals surface area contributed by atoms with Crippen LogP contribution in [-0.4, -0.2) is 35.8 Å². The minimum absolute atomic E-state index is 0.0701. The summed E-state index contributed by atoms with van der Waals surface area (Å²) in [5.41, 5.74) is 2.07. The van der Waals surface area contributed by atoms with Crippen LogP contribution in [0.4, 0.5) is 5.69 Å². The molecule has 0 aliphatic carbocycles. The fourth-order valence-corrected chi connectivity index (χ4v) is 2.81. The fourth-order valence-electron chi connectivity index (χ4n) is 2.81. The lowest BCUT2D eigenvalue weighted by Gasteiger charge is -2.26. The van der Waals surface area contributed by atoms with Gasteiger partial charge in [-0.2, -0.15) is 0 Å². The fraction of sp³-hybridized carbons (Fsp3) is 0.556. The Balaban J connectivity index is 1.82. The molecule has 2 N–H and O–H groups in total. The zero-order valence-corrected chi connectivity index (χ0v) is 14.5. The van der Waals surface area contributed by atoms with E-state index in [0.29, 0.717) is 6.42 Å². The molecule has 2 amide bonds. The molecule has 126 valence electrons. The second-order valence-electron chi connectivity index (χ2n) is 7.49. The number of amides is 2. The normalized spacial score (nSPS) is 18.3. The monoisotopic (exact) mass is 317 g/mol. The van der Waals surface area contributed by atoms with Gasteiger partial charge in [-0.25, -0.2) is 0 Å². The highest BCUT2D eigenvalue weighted by Crippen LogP contribution is 2.20. The van der Waals surface area contributed by atoms with Crippen molar-refractivity contribution < 1.29 is 9.59 Å². The molecule has 0 bridgehead atoms. The molecule has 23 heavy (non-hydrogen) atoms. The lowest BCUT2D eigenvalue weighted by Crippen LogP contribution is -2.36. The van der Waals surface area contributed by atoms with Gasteiger partial charge in [-0.15, -0.1) is 0 Å². The summed E-state index contributed by atoms with van der Waals surface area (Å²) in [6.45, 7) is 10.3. The number of carbonyl (C=O) groups excluding carboxylic acids is 2. The third-order valence-corrected chi connectivity index (χ3v) is 3.75. The smallest absolute Gasteiger partial charge is 0.224 e. The molecule has 1 atom stereocenters. The third kappa shape index (κ3) is 5.67. The number of benzene rings is 1. The van der Waals surface area contributed by atoms with E-state index in [1.54, 1.807) is 0 Å². The van der Waals surface area contributed by atoms with Gasteiger partial charge in [0.25, 0.3) is 0 Å². The summed E-state index contributed by atoms with van der Waals surface area (Å²) in [5, 5.41) is 6.21. The predicted molar refractivity (Wildman–Crippen MR) is 92.0 cm³/mol. The third-order valence-electron chi connectivity index (χ3n) is 3.75. The summed E-state index contributed by atoms with van der Waals surface area (Å²) < 4.78 is 0. The molecule has 1 aromatic carbocycles. The minimum Gasteiger partial charge on any atom is -0.341 e. The van der Waals surface area contributed by atoms with Gasteiger partial charge in [-0.1, -0.05) is 32.9 Å². The Morgan fingerprint density at radius 1 is 1.26 bits per heavy atom. The van der Waals surface area contributed by atoms with Crippen LogP contribution in [0.2, 0.25) is 0 Å². The Bertz CT molecular complexity index is 561. The van der Waals surface area contributed by atoms with Crippen LogP contribution in [-0.2, 0) is 16.1 Å². The van der Waals surface area contributed by atoms with E-state index in [-0.39, 0.29) is 23.3 Å². The maximum Gasteiger partial charge on any atom is 0.224 e. The van der Waals surface area contributed by atoms with Crippen LogP contribution in [0.5, 0.6) is 0 Å². The summed E-state index contributed by atoms with van der Waals surface area (Å²) in [7, 11) is 0. The quantitative estimate of drug-likeness (QED) is 0.876. The molecule has 2 rings (SSSR count). The molecular weight excluding hydrogens is 290 g/mol. The maximum atomic E-state index is 12.1. The van der Waals surface area contributed by atoms with E-state index in [1.807, 2.05) is 29.2 Å². The van der Waals surface area contributed by atoms with Crippen LogP contribution in [0, 0.1) is 5.41 Å². The van der Waals surface area contributed by atoms with Crippen molar-refractivity contribution in [3.63, 3.8) is 0 Å². The van der Waals surface area contributed by atoms with Crippen molar-refractivity contribution in [1.29, 1.82) is 0 Å². The summed E-state index contributed by atoms with van der Waals surface area (Å²) in [6.07, 6.45) is 0.569. The molecule has 0 radical (unpaired) electrons. The van der Waals surface area contributed by atoms with Gasteiger partial charge < -0.3 is 15.5 Å². The van der Waals surface area contributed by atoms with E-state index in [4.69, 9.17) is 0 Å². The van der Waals surface area contributed by atoms with Gasteiger partial charge in [0.05, 0.1) is 0 Å². The van der Waals surface area contributed by atoms with Gasteiger partial charge >= 0.3 is 0 Å². The number of nitrogens with zero attached hydrogens (tertiary/aromatic N) is 1. The average molecular weight is 317 g/mol. The van der Waals surface area contributed by atoms with E-state index in [9.17, 15) is 9.59 Å². The van der Waals surface area contributed by atoms with Crippen molar-refractivity contribution >= 4 is 17.5 Å². The molecule has 1 saturated heterocycles. The molecule has 0 spiro atoms. The van der Waals surface area contributed by atoms with Crippen molar-refractivity contribution in [2.24, 2.45) is 5.41 Å². The van der Waals surface area contributed by atoms with Crippen LogP contribution in [0.3, 0.4) is 0 Å². The van der Waals surface area contributed by atoms with Gasteiger partial charge in [-0.05, 0) is 23.1 Å². The number of hydrogen-bond donors (Lipinski definition) is 2. The zero-order valence-electron chi connectivity index (χ0n) is 14.5. The van der Waals surface area contributed by atoms with Gasteiger partial charge in [0.15, 0.2) is 0 Å². The highest BCUT2D eigenvalue weighted by Gasteiger charge is 2.31. The van der Waals surface area contributed by atoms with Crippen molar-refractivity contribution in [2.75, 3.05) is 18.4 Å². The van der Waals surface area contributed by atoms with Gasteiger partial charge in [0.2, 0.25) is 11.8 Å². The SMILES string of the molecule is CC(=O)Nc1ccc(CNC2CC(=O)N(CC(C)(C)C)C2)cc1. The average Bonchev–Trinajstić information content (AvgIpc) is 2.76. The topological polar surface area (TPSA) is 61.4 Å². The van der Waals surface area contributed by atoms with E-state index in [2.05, 4.69) is 31.4 Å². The largest absolute Gasteiger partial charge is 0.341 e. The molecule has 5 nitrogen and oxygen atoms in total. The summed E-state index contributed by atoms with van der Waals surface area (Å²) >= 11 is 0. The molecular formula is C18H27N3O2. The summed E-state index contributed by atoms with van der Waals surface area (Å²) in [6, 6.07) is 7.97. The lowest BCUT2D eigenvalue weighted by molar-refractivity contribution is -0.128. The molecule has 1 aromatic rings.